The number of carbonyl (C=O) groups excluding carboxylic acids is 1. The molecule has 0 aliphatic carbocycles. The summed E-state index contributed by atoms with van der Waals surface area (Å²) >= 11 is 0. The van der Waals surface area contributed by atoms with Crippen LogP contribution in [0.3, 0.4) is 0 Å². The topological polar surface area (TPSA) is 115 Å². The number of nitrogens with zero attached hydrogens (tertiary/aromatic N) is 2. The van der Waals surface area contributed by atoms with Crippen LogP contribution in [0.1, 0.15) is 47.7 Å². The Labute approximate surface area is 177 Å². The predicted molar refractivity (Wildman–Crippen MR) is 109 cm³/mol. The molecule has 164 valence electrons. The van der Waals surface area contributed by atoms with Crippen molar-refractivity contribution in [2.75, 3.05) is 6.61 Å². The molecule has 2 aromatic heterocycles. The molecular weight excluding hydrogens is 407 g/mol. The molecular formula is C22H23FN2O6. The van der Waals surface area contributed by atoms with Crippen molar-refractivity contribution >= 4 is 5.97 Å². The minimum absolute atomic E-state index is 0.0482. The standard InChI is InChI=1S/C22H23FN2O6/c1-4-30-19(28)10-17(22-21(29)18(27)9-16(11-26)31-22)20-12(2)24-25(13(20)3)15-7-5-14(23)6-8-15/h5-9,17,26,29H,4,10-11H2,1-3H3. The van der Waals surface area contributed by atoms with Gasteiger partial charge in [-0.15, -0.1) is 0 Å². The van der Waals surface area contributed by atoms with Crippen molar-refractivity contribution in [3.63, 3.8) is 0 Å². The molecule has 3 rings (SSSR count). The lowest BCUT2D eigenvalue weighted by Gasteiger charge is -2.18. The monoisotopic (exact) mass is 430 g/mol. The first-order valence-electron chi connectivity index (χ1n) is 9.71. The molecule has 1 unspecified atom stereocenters. The summed E-state index contributed by atoms with van der Waals surface area (Å²) in [6, 6.07) is 6.71. The number of carbonyl (C=O) groups is 1. The quantitative estimate of drug-likeness (QED) is 0.554. The second-order valence-electron chi connectivity index (χ2n) is 6.98. The maximum atomic E-state index is 13.3. The summed E-state index contributed by atoms with van der Waals surface area (Å²) in [6.45, 7) is 4.74. The molecule has 0 fully saturated rings. The van der Waals surface area contributed by atoms with Crippen LogP contribution >= 0.6 is 0 Å². The zero-order chi connectivity index (χ0) is 22.7. The minimum Gasteiger partial charge on any atom is -0.502 e. The highest BCUT2D eigenvalue weighted by molar-refractivity contribution is 5.71. The maximum Gasteiger partial charge on any atom is 0.306 e. The smallest absolute Gasteiger partial charge is 0.306 e. The Kier molecular flexibility index (Phi) is 6.55. The van der Waals surface area contributed by atoms with Gasteiger partial charge >= 0.3 is 5.97 Å². The number of esters is 1. The molecule has 0 saturated heterocycles. The summed E-state index contributed by atoms with van der Waals surface area (Å²) in [7, 11) is 0. The van der Waals surface area contributed by atoms with Gasteiger partial charge in [-0.3, -0.25) is 9.59 Å². The maximum absolute atomic E-state index is 13.3. The second kappa shape index (κ2) is 9.13. The summed E-state index contributed by atoms with van der Waals surface area (Å²) in [5, 5.41) is 24.3. The molecule has 0 radical (unpaired) electrons. The number of hydrogen-bond donors (Lipinski definition) is 2. The minimum atomic E-state index is -0.896. The Morgan fingerprint density at radius 2 is 1.97 bits per heavy atom. The molecule has 0 saturated carbocycles. The van der Waals surface area contributed by atoms with Crippen molar-refractivity contribution in [3.05, 3.63) is 74.8 Å². The number of aromatic hydroxyl groups is 1. The predicted octanol–water partition coefficient (Wildman–Crippen LogP) is 2.86. The van der Waals surface area contributed by atoms with Crippen LogP contribution in [0.4, 0.5) is 4.39 Å². The third kappa shape index (κ3) is 4.51. The Morgan fingerprint density at radius 3 is 2.58 bits per heavy atom. The van der Waals surface area contributed by atoms with Gasteiger partial charge in [-0.1, -0.05) is 0 Å². The van der Waals surface area contributed by atoms with E-state index in [9.17, 15) is 24.2 Å². The number of hydrogen-bond acceptors (Lipinski definition) is 7. The van der Waals surface area contributed by atoms with Crippen molar-refractivity contribution in [1.29, 1.82) is 0 Å². The third-order valence-electron chi connectivity index (χ3n) is 4.92. The molecule has 0 aliphatic rings. The van der Waals surface area contributed by atoms with Gasteiger partial charge in [0, 0.05) is 17.3 Å². The van der Waals surface area contributed by atoms with E-state index < -0.39 is 35.5 Å². The second-order valence-corrected chi connectivity index (χ2v) is 6.98. The number of aliphatic hydroxyl groups excluding tert-OH is 1. The van der Waals surface area contributed by atoms with Gasteiger partial charge in [0.2, 0.25) is 11.2 Å². The fourth-order valence-electron chi connectivity index (χ4n) is 3.57. The van der Waals surface area contributed by atoms with Gasteiger partial charge < -0.3 is 19.4 Å². The largest absolute Gasteiger partial charge is 0.502 e. The van der Waals surface area contributed by atoms with Crippen LogP contribution in [0.5, 0.6) is 5.75 Å². The zero-order valence-corrected chi connectivity index (χ0v) is 17.4. The lowest BCUT2D eigenvalue weighted by Crippen LogP contribution is -2.16. The highest BCUT2D eigenvalue weighted by atomic mass is 19.1. The van der Waals surface area contributed by atoms with Gasteiger partial charge in [-0.05, 0) is 45.0 Å². The van der Waals surface area contributed by atoms with E-state index in [1.54, 1.807) is 37.6 Å². The number of aromatic nitrogens is 2. The molecule has 2 N–H and O–H groups in total. The Bertz CT molecular complexity index is 1150. The van der Waals surface area contributed by atoms with Gasteiger partial charge in [0.05, 0.1) is 30.3 Å². The Balaban J connectivity index is 2.20. The molecule has 1 atom stereocenters. The summed E-state index contributed by atoms with van der Waals surface area (Å²) in [4.78, 5) is 24.5. The lowest BCUT2D eigenvalue weighted by molar-refractivity contribution is -0.143. The summed E-state index contributed by atoms with van der Waals surface area (Å²) in [5.41, 5.74) is 1.53. The Hall–Kier alpha value is -3.46. The van der Waals surface area contributed by atoms with Crippen molar-refractivity contribution in [2.24, 2.45) is 0 Å². The van der Waals surface area contributed by atoms with Crippen molar-refractivity contribution in [3.8, 4) is 11.4 Å². The highest BCUT2D eigenvalue weighted by Crippen LogP contribution is 2.37. The number of benzene rings is 1. The van der Waals surface area contributed by atoms with E-state index in [0.717, 1.165) is 6.07 Å². The lowest BCUT2D eigenvalue weighted by atomic mass is 9.90. The number of aryl methyl sites for hydroxylation is 1. The van der Waals surface area contributed by atoms with Crippen LogP contribution in [0.15, 0.2) is 39.5 Å². The molecule has 1 aromatic carbocycles. The molecule has 9 heteroatoms. The number of ether oxygens (including phenoxy) is 1. The number of halogens is 1. The first-order chi connectivity index (χ1) is 14.8. The van der Waals surface area contributed by atoms with Crippen molar-refractivity contribution in [2.45, 2.75) is 39.7 Å². The van der Waals surface area contributed by atoms with Gasteiger partial charge in [-0.25, -0.2) is 9.07 Å². The molecule has 0 aliphatic heterocycles. The summed E-state index contributed by atoms with van der Waals surface area (Å²) < 4.78 is 25.6. The third-order valence-corrected chi connectivity index (χ3v) is 4.92. The fraction of sp³-hybridized carbons (Fsp3) is 0.318. The summed E-state index contributed by atoms with van der Waals surface area (Å²) in [5.74, 6) is -2.70. The van der Waals surface area contributed by atoms with Crippen LogP contribution in [0.2, 0.25) is 0 Å². The van der Waals surface area contributed by atoms with Crippen molar-refractivity contribution in [1.82, 2.24) is 9.78 Å². The summed E-state index contributed by atoms with van der Waals surface area (Å²) in [6.07, 6.45) is -0.226. The van der Waals surface area contributed by atoms with Crippen LogP contribution in [0.25, 0.3) is 5.69 Å². The van der Waals surface area contributed by atoms with Crippen molar-refractivity contribution < 1.29 is 28.6 Å². The zero-order valence-electron chi connectivity index (χ0n) is 17.4. The first kappa shape index (κ1) is 22.2. The van der Waals surface area contributed by atoms with Gasteiger partial charge in [0.15, 0.2) is 5.76 Å². The SMILES string of the molecule is CCOC(=O)CC(c1oc(CO)cc(=O)c1O)c1c(C)nn(-c2ccc(F)cc2)c1C. The highest BCUT2D eigenvalue weighted by Gasteiger charge is 2.31. The molecule has 8 nitrogen and oxygen atoms in total. The van der Waals surface area contributed by atoms with E-state index in [-0.39, 0.29) is 24.5 Å². The van der Waals surface area contributed by atoms with Gasteiger partial charge in [0.25, 0.3) is 0 Å². The van der Waals surface area contributed by atoms with Crippen LogP contribution in [-0.4, -0.2) is 32.6 Å². The van der Waals surface area contributed by atoms with Gasteiger partial charge in [0.1, 0.15) is 18.2 Å². The van der Waals surface area contributed by atoms with Crippen LogP contribution < -0.4 is 5.43 Å². The van der Waals surface area contributed by atoms with E-state index in [4.69, 9.17) is 9.15 Å². The fourth-order valence-corrected chi connectivity index (χ4v) is 3.57. The molecule has 0 bridgehead atoms. The Morgan fingerprint density at radius 1 is 1.29 bits per heavy atom. The number of rotatable bonds is 7. The molecule has 2 heterocycles. The average Bonchev–Trinajstić information content (AvgIpc) is 3.03. The molecule has 31 heavy (non-hydrogen) atoms. The normalized spacial score (nSPS) is 12.0. The molecule has 0 spiro atoms. The van der Waals surface area contributed by atoms with E-state index in [0.29, 0.717) is 22.6 Å². The van der Waals surface area contributed by atoms with E-state index >= 15 is 0 Å². The molecule has 3 aromatic rings. The van der Waals surface area contributed by atoms with E-state index in [1.807, 2.05) is 0 Å². The van der Waals surface area contributed by atoms with Gasteiger partial charge in [-0.2, -0.15) is 5.10 Å². The van der Waals surface area contributed by atoms with E-state index in [1.165, 1.54) is 12.1 Å². The average molecular weight is 430 g/mol. The number of aliphatic hydroxyl groups is 1. The van der Waals surface area contributed by atoms with Crippen LogP contribution in [0, 0.1) is 19.7 Å². The molecule has 0 amide bonds. The first-order valence-corrected chi connectivity index (χ1v) is 9.71. The van der Waals surface area contributed by atoms with E-state index in [2.05, 4.69) is 5.10 Å². The van der Waals surface area contributed by atoms with Crippen LogP contribution in [-0.2, 0) is 16.1 Å².